The molecule has 1 amide bonds. The highest BCUT2D eigenvalue weighted by atomic mass is 32.2. The topological polar surface area (TPSA) is 32.3 Å². The van der Waals surface area contributed by atoms with E-state index in [2.05, 4.69) is 5.32 Å². The van der Waals surface area contributed by atoms with Crippen LogP contribution in [0.4, 0.5) is 13.2 Å². The Balaban J connectivity index is 2.57. The summed E-state index contributed by atoms with van der Waals surface area (Å²) in [4.78, 5) is 12.8. The molecule has 1 N–H and O–H groups in total. The van der Waals surface area contributed by atoms with Crippen molar-refractivity contribution in [3.8, 4) is 0 Å². The number of thioether (sulfide) groups is 1. The second-order valence-corrected chi connectivity index (χ2v) is 5.03. The molecule has 0 spiro atoms. The quantitative estimate of drug-likeness (QED) is 0.827. The maximum absolute atomic E-state index is 12.4. The van der Waals surface area contributed by atoms with Crippen LogP contribution < -0.4 is 5.32 Å². The van der Waals surface area contributed by atoms with E-state index in [1.165, 1.54) is 11.8 Å². The van der Waals surface area contributed by atoms with Crippen molar-refractivity contribution in [3.05, 3.63) is 0 Å². The summed E-state index contributed by atoms with van der Waals surface area (Å²) in [6, 6.07) is -0.459. The molecule has 1 aliphatic heterocycles. The standard InChI is InChI=1S/C10H17F3N2OS/c1-2-3-4-15(6-10(11,12)13)9(16)8-5-17-7-14-8/h8,14H,2-7H2,1H3. The van der Waals surface area contributed by atoms with Crippen LogP contribution in [0.3, 0.4) is 0 Å². The van der Waals surface area contributed by atoms with Gasteiger partial charge in [-0.1, -0.05) is 13.3 Å². The average molecular weight is 270 g/mol. The number of rotatable bonds is 5. The zero-order valence-electron chi connectivity index (χ0n) is 9.72. The monoisotopic (exact) mass is 270 g/mol. The van der Waals surface area contributed by atoms with E-state index in [4.69, 9.17) is 0 Å². The first kappa shape index (κ1) is 14.6. The molecule has 1 unspecified atom stereocenters. The minimum absolute atomic E-state index is 0.178. The fourth-order valence-corrected chi connectivity index (χ4v) is 2.54. The maximum atomic E-state index is 12.4. The summed E-state index contributed by atoms with van der Waals surface area (Å²) in [5, 5.41) is 2.90. The van der Waals surface area contributed by atoms with Crippen molar-refractivity contribution in [2.24, 2.45) is 0 Å². The van der Waals surface area contributed by atoms with Crippen LogP contribution >= 0.6 is 11.8 Å². The van der Waals surface area contributed by atoms with Crippen LogP contribution in [0.25, 0.3) is 0 Å². The lowest BCUT2D eigenvalue weighted by atomic mass is 10.2. The van der Waals surface area contributed by atoms with Gasteiger partial charge in [-0.3, -0.25) is 10.1 Å². The third kappa shape index (κ3) is 5.16. The van der Waals surface area contributed by atoms with Crippen molar-refractivity contribution in [2.75, 3.05) is 24.7 Å². The molecular formula is C10H17F3N2OS. The Morgan fingerprint density at radius 1 is 1.53 bits per heavy atom. The minimum atomic E-state index is -4.32. The number of carbonyl (C=O) groups is 1. The molecule has 3 nitrogen and oxygen atoms in total. The predicted octanol–water partition coefficient (Wildman–Crippen LogP) is 1.84. The van der Waals surface area contributed by atoms with Gasteiger partial charge in [0.2, 0.25) is 5.91 Å². The number of alkyl halides is 3. The lowest BCUT2D eigenvalue weighted by Crippen LogP contribution is -2.48. The van der Waals surface area contributed by atoms with Gasteiger partial charge in [0, 0.05) is 18.2 Å². The van der Waals surface area contributed by atoms with E-state index in [1.54, 1.807) is 0 Å². The van der Waals surface area contributed by atoms with Gasteiger partial charge in [0.15, 0.2) is 0 Å². The lowest BCUT2D eigenvalue weighted by Gasteiger charge is -2.26. The van der Waals surface area contributed by atoms with E-state index in [9.17, 15) is 18.0 Å². The van der Waals surface area contributed by atoms with Crippen molar-refractivity contribution >= 4 is 17.7 Å². The smallest absolute Gasteiger partial charge is 0.332 e. The van der Waals surface area contributed by atoms with E-state index in [-0.39, 0.29) is 6.54 Å². The largest absolute Gasteiger partial charge is 0.406 e. The fourth-order valence-electron chi connectivity index (χ4n) is 1.61. The van der Waals surface area contributed by atoms with Gasteiger partial charge in [0.05, 0.1) is 6.04 Å². The number of halogens is 3. The van der Waals surface area contributed by atoms with Crippen LogP contribution in [0, 0.1) is 0 Å². The molecule has 0 bridgehead atoms. The van der Waals surface area contributed by atoms with Crippen molar-refractivity contribution in [2.45, 2.75) is 32.0 Å². The Kier molecular flexibility index (Phi) is 5.58. The van der Waals surface area contributed by atoms with Crippen LogP contribution in [0.2, 0.25) is 0 Å². The van der Waals surface area contributed by atoms with Crippen LogP contribution in [0.5, 0.6) is 0 Å². The molecule has 0 saturated carbocycles. The molecule has 7 heteroatoms. The highest BCUT2D eigenvalue weighted by Gasteiger charge is 2.35. The molecule has 1 saturated heterocycles. The summed E-state index contributed by atoms with van der Waals surface area (Å²) in [6.45, 7) is 0.923. The van der Waals surface area contributed by atoms with Gasteiger partial charge in [-0.25, -0.2) is 0 Å². The van der Waals surface area contributed by atoms with Gasteiger partial charge in [0.1, 0.15) is 6.54 Å². The number of hydrogen-bond acceptors (Lipinski definition) is 3. The van der Waals surface area contributed by atoms with Crippen LogP contribution in [0.15, 0.2) is 0 Å². The minimum Gasteiger partial charge on any atom is -0.332 e. The first-order valence-corrected chi connectivity index (χ1v) is 6.76. The molecule has 1 heterocycles. The summed E-state index contributed by atoms with van der Waals surface area (Å²) in [7, 11) is 0. The molecule has 0 aromatic carbocycles. The summed E-state index contributed by atoms with van der Waals surface area (Å²) in [6.07, 6.45) is -2.95. The van der Waals surface area contributed by atoms with Crippen molar-refractivity contribution in [1.29, 1.82) is 0 Å². The Hall–Kier alpha value is -0.430. The molecule has 0 radical (unpaired) electrons. The van der Waals surface area contributed by atoms with Gasteiger partial charge in [-0.15, -0.1) is 11.8 Å². The maximum Gasteiger partial charge on any atom is 0.406 e. The molecule has 1 fully saturated rings. The van der Waals surface area contributed by atoms with Gasteiger partial charge in [-0.2, -0.15) is 13.2 Å². The van der Waals surface area contributed by atoms with Crippen LogP contribution in [0.1, 0.15) is 19.8 Å². The Labute approximate surface area is 103 Å². The number of hydrogen-bond donors (Lipinski definition) is 1. The van der Waals surface area contributed by atoms with Crippen LogP contribution in [-0.4, -0.2) is 47.7 Å². The SMILES string of the molecule is CCCCN(CC(F)(F)F)C(=O)C1CSCN1. The molecular weight excluding hydrogens is 253 g/mol. The predicted molar refractivity (Wildman–Crippen MR) is 61.8 cm³/mol. The number of nitrogens with one attached hydrogen (secondary N) is 1. The van der Waals surface area contributed by atoms with E-state index >= 15 is 0 Å². The zero-order chi connectivity index (χ0) is 12.9. The van der Waals surface area contributed by atoms with E-state index in [1.807, 2.05) is 6.92 Å². The molecule has 0 aromatic rings. The third-order valence-electron chi connectivity index (χ3n) is 2.48. The fraction of sp³-hybridized carbons (Fsp3) is 0.900. The lowest BCUT2D eigenvalue weighted by molar-refractivity contribution is -0.162. The Morgan fingerprint density at radius 2 is 2.24 bits per heavy atom. The molecule has 1 atom stereocenters. The summed E-state index contributed by atoms with van der Waals surface area (Å²) >= 11 is 1.53. The Bertz CT molecular complexity index is 254. The van der Waals surface area contributed by atoms with E-state index in [0.717, 1.165) is 11.3 Å². The zero-order valence-corrected chi connectivity index (χ0v) is 10.5. The molecule has 0 aromatic heterocycles. The summed E-state index contributed by atoms with van der Waals surface area (Å²) < 4.78 is 37.1. The van der Waals surface area contributed by atoms with Crippen LogP contribution in [-0.2, 0) is 4.79 Å². The van der Waals surface area contributed by atoms with Crippen molar-refractivity contribution in [1.82, 2.24) is 10.2 Å². The second-order valence-electron chi connectivity index (χ2n) is 4.00. The number of carbonyl (C=O) groups excluding carboxylic acids is 1. The number of amides is 1. The molecule has 17 heavy (non-hydrogen) atoms. The first-order valence-electron chi connectivity index (χ1n) is 5.60. The highest BCUT2D eigenvalue weighted by Crippen LogP contribution is 2.19. The van der Waals surface area contributed by atoms with E-state index < -0.39 is 24.7 Å². The first-order chi connectivity index (χ1) is 7.94. The summed E-state index contributed by atoms with van der Waals surface area (Å²) in [5.74, 6) is 0.754. The summed E-state index contributed by atoms with van der Waals surface area (Å²) in [5.41, 5.74) is 0. The van der Waals surface area contributed by atoms with Gasteiger partial charge >= 0.3 is 6.18 Å². The Morgan fingerprint density at radius 3 is 2.71 bits per heavy atom. The van der Waals surface area contributed by atoms with Gasteiger partial charge < -0.3 is 4.90 Å². The van der Waals surface area contributed by atoms with E-state index in [0.29, 0.717) is 18.1 Å². The molecule has 1 aliphatic rings. The molecule has 0 aliphatic carbocycles. The molecule has 1 rings (SSSR count). The van der Waals surface area contributed by atoms with Crippen molar-refractivity contribution < 1.29 is 18.0 Å². The second kappa shape index (κ2) is 6.49. The highest BCUT2D eigenvalue weighted by molar-refractivity contribution is 7.99. The third-order valence-corrected chi connectivity index (χ3v) is 3.42. The molecule has 100 valence electrons. The van der Waals surface area contributed by atoms with Crippen molar-refractivity contribution in [3.63, 3.8) is 0 Å². The number of nitrogens with zero attached hydrogens (tertiary/aromatic N) is 1. The van der Waals surface area contributed by atoms with Gasteiger partial charge in [0.25, 0.3) is 0 Å². The average Bonchev–Trinajstić information content (AvgIpc) is 2.74. The normalized spacial score (nSPS) is 20.6. The van der Waals surface area contributed by atoms with Gasteiger partial charge in [-0.05, 0) is 6.42 Å². The number of unbranched alkanes of at least 4 members (excludes halogenated alkanes) is 1.